The molecule has 0 amide bonds. The van der Waals surface area contributed by atoms with Crippen molar-refractivity contribution >= 4 is 66.2 Å². The van der Waals surface area contributed by atoms with E-state index in [9.17, 15) is 0 Å². The van der Waals surface area contributed by atoms with Gasteiger partial charge in [0.25, 0.3) is 0 Å². The van der Waals surface area contributed by atoms with Gasteiger partial charge in [-0.05, 0) is 77.7 Å². The number of fused-ring (bicyclic) bond motifs is 7. The third kappa shape index (κ3) is 5.09. The number of rotatable bonds is 5. The van der Waals surface area contributed by atoms with Crippen molar-refractivity contribution in [2.75, 3.05) is 0 Å². The van der Waals surface area contributed by atoms with Gasteiger partial charge >= 0.3 is 0 Å². The van der Waals surface area contributed by atoms with Crippen LogP contribution in [0.2, 0.25) is 0 Å². The molecule has 230 valence electrons. The van der Waals surface area contributed by atoms with Gasteiger partial charge in [-0.2, -0.15) is 0 Å². The maximum Gasteiger partial charge on any atom is 0.0972 e. The minimum atomic E-state index is 0.856. The van der Waals surface area contributed by atoms with Gasteiger partial charge in [-0.25, -0.2) is 9.97 Å². The van der Waals surface area contributed by atoms with E-state index in [1.807, 2.05) is 36.8 Å². The van der Waals surface area contributed by atoms with Crippen LogP contribution in [0.5, 0.6) is 0 Å². The van der Waals surface area contributed by atoms with E-state index < -0.39 is 0 Å². The van der Waals surface area contributed by atoms with Gasteiger partial charge in [0.05, 0.1) is 39.0 Å². The van der Waals surface area contributed by atoms with Gasteiger partial charge in [0.1, 0.15) is 0 Å². The molecule has 9 rings (SSSR count). The molecule has 0 spiro atoms. The summed E-state index contributed by atoms with van der Waals surface area (Å²) in [6, 6.07) is 39.7. The smallest absolute Gasteiger partial charge is 0.0972 e. The second-order valence-corrected chi connectivity index (χ2v) is 12.3. The number of allylic oxidation sites excluding steroid dienone is 2. The highest BCUT2D eigenvalue weighted by Gasteiger charge is 2.13. The zero-order chi connectivity index (χ0) is 32.9. The summed E-state index contributed by atoms with van der Waals surface area (Å²) in [6.45, 7) is 6.64. The number of pyridine rings is 5. The van der Waals surface area contributed by atoms with E-state index in [2.05, 4.69) is 138 Å². The van der Waals surface area contributed by atoms with Gasteiger partial charge in [-0.15, -0.1) is 0 Å². The summed E-state index contributed by atoms with van der Waals surface area (Å²) in [5.41, 5.74) is 12.3. The summed E-state index contributed by atoms with van der Waals surface area (Å²) in [4.78, 5) is 24.4. The highest BCUT2D eigenvalue weighted by Crippen LogP contribution is 2.34. The van der Waals surface area contributed by atoms with Crippen molar-refractivity contribution in [3.63, 3.8) is 0 Å². The first-order chi connectivity index (χ1) is 24.1. The van der Waals surface area contributed by atoms with Crippen molar-refractivity contribution in [2.45, 2.75) is 6.92 Å². The van der Waals surface area contributed by atoms with E-state index in [0.29, 0.717) is 0 Å². The summed E-state index contributed by atoms with van der Waals surface area (Å²) >= 11 is 0. The highest BCUT2D eigenvalue weighted by atomic mass is 14.8. The minimum absolute atomic E-state index is 0.856. The van der Waals surface area contributed by atoms with Crippen LogP contribution >= 0.6 is 0 Å². The molecule has 0 aliphatic carbocycles. The lowest BCUT2D eigenvalue weighted by Crippen LogP contribution is -1.93. The van der Waals surface area contributed by atoms with E-state index in [-0.39, 0.29) is 0 Å². The summed E-state index contributed by atoms with van der Waals surface area (Å²) in [6.07, 6.45) is 9.69. The van der Waals surface area contributed by atoms with E-state index >= 15 is 0 Å². The lowest BCUT2D eigenvalue weighted by molar-refractivity contribution is 1.35. The second kappa shape index (κ2) is 11.6. The molecule has 0 atom stereocenters. The molecule has 0 fully saturated rings. The Bertz CT molecular complexity index is 2680. The Hall–Kier alpha value is -6.59. The highest BCUT2D eigenvalue weighted by molar-refractivity contribution is 6.04. The molecule has 0 saturated carbocycles. The molecule has 5 aromatic heterocycles. The number of nitrogens with zero attached hydrogens (tertiary/aromatic N) is 5. The molecular weight excluding hydrogens is 599 g/mol. The standard InChI is InChI=1S/C44H29N5/c1-27(9-10-29-11-12-30-6-3-21-45-40(30)28(29)2)35-24-36(38-19-17-33-15-13-31-7-4-22-46-41(31)43(33)48-38)26-37(25-35)39-20-18-34-16-14-32-8-5-23-47-42(32)44(34)49-39/h3-26H,1H2,2H3/b10-9-. The van der Waals surface area contributed by atoms with Crippen LogP contribution in [0.3, 0.4) is 0 Å². The zero-order valence-corrected chi connectivity index (χ0v) is 26.8. The first-order valence-electron chi connectivity index (χ1n) is 16.3. The van der Waals surface area contributed by atoms with Gasteiger partial charge in [0.15, 0.2) is 0 Å². The summed E-state index contributed by atoms with van der Waals surface area (Å²) < 4.78 is 0. The van der Waals surface area contributed by atoms with Crippen molar-refractivity contribution in [2.24, 2.45) is 0 Å². The molecule has 5 heterocycles. The van der Waals surface area contributed by atoms with Gasteiger partial charge in [0, 0.05) is 56.6 Å². The fraction of sp³-hybridized carbons (Fsp3) is 0.0227. The summed E-state index contributed by atoms with van der Waals surface area (Å²) in [5.74, 6) is 0. The molecule has 5 heteroatoms. The average Bonchev–Trinajstić information content (AvgIpc) is 3.17. The van der Waals surface area contributed by atoms with E-state index in [4.69, 9.17) is 9.97 Å². The molecule has 49 heavy (non-hydrogen) atoms. The minimum Gasteiger partial charge on any atom is -0.256 e. The van der Waals surface area contributed by atoms with Crippen LogP contribution in [-0.2, 0) is 0 Å². The summed E-state index contributed by atoms with van der Waals surface area (Å²) in [7, 11) is 0. The predicted octanol–water partition coefficient (Wildman–Crippen LogP) is 10.8. The van der Waals surface area contributed by atoms with Gasteiger partial charge in [-0.1, -0.05) is 85.5 Å². The van der Waals surface area contributed by atoms with Crippen LogP contribution in [0.25, 0.3) is 88.7 Å². The topological polar surface area (TPSA) is 64.5 Å². The molecule has 0 aliphatic heterocycles. The van der Waals surface area contributed by atoms with Crippen LogP contribution in [0.4, 0.5) is 0 Å². The molecule has 0 bridgehead atoms. The van der Waals surface area contributed by atoms with E-state index in [0.717, 1.165) is 99.3 Å². The van der Waals surface area contributed by atoms with Crippen molar-refractivity contribution < 1.29 is 0 Å². The first-order valence-corrected chi connectivity index (χ1v) is 16.3. The van der Waals surface area contributed by atoms with Gasteiger partial charge < -0.3 is 0 Å². The average molecular weight is 628 g/mol. The molecule has 0 N–H and O–H groups in total. The van der Waals surface area contributed by atoms with Crippen molar-refractivity contribution in [1.82, 2.24) is 24.9 Å². The molecule has 0 radical (unpaired) electrons. The molecule has 9 aromatic rings. The molecular formula is C44H29N5. The number of aryl methyl sites for hydroxylation is 1. The third-order valence-electron chi connectivity index (χ3n) is 9.29. The number of hydrogen-bond acceptors (Lipinski definition) is 5. The lowest BCUT2D eigenvalue weighted by atomic mass is 9.95. The van der Waals surface area contributed by atoms with Crippen molar-refractivity contribution in [3.8, 4) is 22.5 Å². The molecule has 0 aliphatic rings. The van der Waals surface area contributed by atoms with Crippen molar-refractivity contribution in [1.29, 1.82) is 0 Å². The molecule has 5 nitrogen and oxygen atoms in total. The van der Waals surface area contributed by atoms with Crippen LogP contribution in [0.15, 0.2) is 147 Å². The van der Waals surface area contributed by atoms with Gasteiger partial charge in [-0.3, -0.25) is 15.0 Å². The molecule has 4 aromatic carbocycles. The van der Waals surface area contributed by atoms with Crippen molar-refractivity contribution in [3.05, 3.63) is 163 Å². The Labute approximate surface area is 283 Å². The maximum absolute atomic E-state index is 5.19. The Morgan fingerprint density at radius 1 is 0.510 bits per heavy atom. The van der Waals surface area contributed by atoms with Crippen LogP contribution < -0.4 is 0 Å². The molecule has 0 saturated heterocycles. The Morgan fingerprint density at radius 2 is 0.959 bits per heavy atom. The Kier molecular flexibility index (Phi) is 6.76. The third-order valence-corrected chi connectivity index (χ3v) is 9.29. The first kappa shape index (κ1) is 28.6. The number of benzene rings is 4. The SMILES string of the molecule is C=C(/C=C\c1ccc2cccnc2c1C)c1cc(-c2ccc3ccc4cccnc4c3n2)cc(-c2ccc3ccc4cccnc4c3n2)c1. The quantitative estimate of drug-likeness (QED) is 0.140. The normalized spacial score (nSPS) is 11.8. The fourth-order valence-electron chi connectivity index (χ4n) is 6.65. The van der Waals surface area contributed by atoms with Crippen LogP contribution in [-0.4, -0.2) is 24.9 Å². The van der Waals surface area contributed by atoms with Gasteiger partial charge in [0.2, 0.25) is 0 Å². The summed E-state index contributed by atoms with van der Waals surface area (Å²) in [5, 5.41) is 5.36. The Morgan fingerprint density at radius 3 is 1.51 bits per heavy atom. The second-order valence-electron chi connectivity index (χ2n) is 12.3. The van der Waals surface area contributed by atoms with Crippen LogP contribution in [0, 0.1) is 6.92 Å². The van der Waals surface area contributed by atoms with Crippen LogP contribution in [0.1, 0.15) is 16.7 Å². The Balaban J connectivity index is 1.20. The van der Waals surface area contributed by atoms with E-state index in [1.54, 1.807) is 0 Å². The molecule has 0 unspecified atom stereocenters. The number of aromatic nitrogens is 5. The van der Waals surface area contributed by atoms with E-state index in [1.165, 1.54) is 0 Å². The lowest BCUT2D eigenvalue weighted by Gasteiger charge is -2.12. The zero-order valence-electron chi connectivity index (χ0n) is 26.8. The monoisotopic (exact) mass is 627 g/mol. The predicted molar refractivity (Wildman–Crippen MR) is 203 cm³/mol. The maximum atomic E-state index is 5.19. The fourth-order valence-corrected chi connectivity index (χ4v) is 6.65. The number of hydrogen-bond donors (Lipinski definition) is 0. The largest absolute Gasteiger partial charge is 0.256 e.